The molecule has 0 unspecified atom stereocenters. The highest BCUT2D eigenvalue weighted by Gasteiger charge is 2.44. The molecule has 1 aliphatic heterocycles. The zero-order valence-corrected chi connectivity index (χ0v) is 26.0. The summed E-state index contributed by atoms with van der Waals surface area (Å²) in [6.07, 6.45) is -8.45. The van der Waals surface area contributed by atoms with Crippen molar-refractivity contribution in [3.8, 4) is 11.1 Å². The number of aliphatic carboxylic acids is 1. The number of carboxylic acid groups (broad SMARTS) is 1. The second-order valence-electron chi connectivity index (χ2n) is 12.0. The molecule has 0 bridgehead atoms. The monoisotopic (exact) mass is 642 g/mol. The number of hydrogen-bond acceptors (Lipinski definition) is 10. The fourth-order valence-corrected chi connectivity index (χ4v) is 5.96. The molecule has 6 N–H and O–H groups in total. The molecule has 13 nitrogen and oxygen atoms in total. The Morgan fingerprint density at radius 2 is 1.52 bits per heavy atom. The summed E-state index contributed by atoms with van der Waals surface area (Å²) < 4.78 is 15.9. The highest BCUT2D eigenvalue weighted by atomic mass is 16.7. The van der Waals surface area contributed by atoms with Gasteiger partial charge in [-0.25, -0.2) is 4.79 Å². The van der Waals surface area contributed by atoms with Crippen molar-refractivity contribution in [2.24, 2.45) is 11.8 Å². The summed E-state index contributed by atoms with van der Waals surface area (Å²) in [5.74, 6) is -4.07. The maximum absolute atomic E-state index is 13.2. The number of carbonyl (C=O) groups is 4. The van der Waals surface area contributed by atoms with Crippen LogP contribution in [0.4, 0.5) is 4.79 Å². The normalized spacial score (nSPS) is 23.6. The number of nitrogens with one attached hydrogen (secondary N) is 2. The van der Waals surface area contributed by atoms with E-state index in [1.807, 2.05) is 48.5 Å². The summed E-state index contributed by atoms with van der Waals surface area (Å²) in [7, 11) is 1.25. The van der Waals surface area contributed by atoms with Gasteiger partial charge >= 0.3 is 12.1 Å². The van der Waals surface area contributed by atoms with Gasteiger partial charge < -0.3 is 45.3 Å². The zero-order valence-electron chi connectivity index (χ0n) is 26.0. The largest absolute Gasteiger partial charge is 0.481 e. The molecule has 2 aromatic rings. The van der Waals surface area contributed by atoms with Crippen LogP contribution in [0, 0.1) is 11.8 Å². The van der Waals surface area contributed by atoms with Crippen LogP contribution in [0.15, 0.2) is 48.5 Å². The third kappa shape index (κ3) is 8.09. The Morgan fingerprint density at radius 3 is 2.09 bits per heavy atom. The molecule has 7 atom stereocenters. The SMILES string of the molecule is CO[C@@H]1O[C@H](CNC(=O)CC[C@H](CC(=O)[C@@H](NC(=O)OCC2c3ccccc3-c3ccccc32)C(C)C)C(=O)O)[C@@H](O)[C@H](O)[C@H]1O. The molecule has 2 aromatic carbocycles. The van der Waals surface area contributed by atoms with E-state index in [2.05, 4.69) is 10.6 Å². The number of alkyl carbamates (subject to hydrolysis) is 1. The maximum Gasteiger partial charge on any atom is 0.407 e. The zero-order chi connectivity index (χ0) is 33.5. The lowest BCUT2D eigenvalue weighted by molar-refractivity contribution is -0.288. The van der Waals surface area contributed by atoms with Gasteiger partial charge in [0.25, 0.3) is 0 Å². The number of hydrogen-bond donors (Lipinski definition) is 6. The molecule has 0 radical (unpaired) electrons. The summed E-state index contributed by atoms with van der Waals surface area (Å²) >= 11 is 0. The van der Waals surface area contributed by atoms with E-state index in [0.717, 1.165) is 22.3 Å². The number of amides is 2. The van der Waals surface area contributed by atoms with Crippen LogP contribution in [-0.2, 0) is 28.6 Å². The van der Waals surface area contributed by atoms with Crippen LogP contribution in [0.3, 0.4) is 0 Å². The molecule has 0 aromatic heterocycles. The van der Waals surface area contributed by atoms with Crippen molar-refractivity contribution >= 4 is 23.8 Å². The number of carbonyl (C=O) groups excluding carboxylic acids is 3. The molecule has 0 saturated carbocycles. The Bertz CT molecular complexity index is 1350. The van der Waals surface area contributed by atoms with Crippen LogP contribution in [-0.4, -0.2) is 101 Å². The summed E-state index contributed by atoms with van der Waals surface area (Å²) in [6.45, 7) is 3.27. The Hall–Kier alpha value is -3.88. The topological polar surface area (TPSA) is 201 Å². The van der Waals surface area contributed by atoms with Crippen molar-refractivity contribution in [2.75, 3.05) is 20.3 Å². The van der Waals surface area contributed by atoms with Gasteiger partial charge in [0.15, 0.2) is 12.1 Å². The standard InChI is InChI=1S/C33H42N2O11/c1-17(2)27(35-33(43)45-16-23-21-10-6-4-8-19(21)20-9-5-7-11-22(20)23)24(36)14-18(31(41)42)12-13-26(37)34-15-25-28(38)29(39)30(40)32(44-3)46-25/h4-11,17-18,23,25,27-30,32,38-40H,12-16H2,1-3H3,(H,34,37)(H,35,43)(H,41,42)/t18-,25-,27+,28-,29+,30-,32-/m1/s1. The van der Waals surface area contributed by atoms with E-state index in [-0.39, 0.29) is 37.8 Å². The van der Waals surface area contributed by atoms with Crippen molar-refractivity contribution in [2.45, 2.75) is 75.8 Å². The van der Waals surface area contributed by atoms with Crippen molar-refractivity contribution in [1.29, 1.82) is 0 Å². The Balaban J connectivity index is 1.28. The van der Waals surface area contributed by atoms with Gasteiger partial charge in [-0.05, 0) is 34.6 Å². The van der Waals surface area contributed by atoms with Crippen molar-refractivity contribution < 1.29 is 53.8 Å². The molecule has 1 aliphatic carbocycles. The average Bonchev–Trinajstić information content (AvgIpc) is 3.36. The van der Waals surface area contributed by atoms with Gasteiger partial charge in [-0.2, -0.15) is 0 Å². The van der Waals surface area contributed by atoms with E-state index in [1.165, 1.54) is 7.11 Å². The maximum atomic E-state index is 13.2. The van der Waals surface area contributed by atoms with Crippen LogP contribution in [0.2, 0.25) is 0 Å². The lowest BCUT2D eigenvalue weighted by atomic mass is 9.90. The number of Topliss-reactive ketones (excluding diaryl/α,β-unsaturated/α-hetero) is 1. The fourth-order valence-electron chi connectivity index (χ4n) is 5.96. The highest BCUT2D eigenvalue weighted by Crippen LogP contribution is 2.44. The van der Waals surface area contributed by atoms with Gasteiger partial charge in [-0.3, -0.25) is 14.4 Å². The van der Waals surface area contributed by atoms with Crippen molar-refractivity contribution in [3.63, 3.8) is 0 Å². The number of methoxy groups -OCH3 is 1. The first-order valence-corrected chi connectivity index (χ1v) is 15.3. The third-order valence-electron chi connectivity index (χ3n) is 8.55. The number of aliphatic hydroxyl groups excluding tert-OH is 3. The number of aliphatic hydroxyl groups is 3. The van der Waals surface area contributed by atoms with Crippen LogP contribution in [0.25, 0.3) is 11.1 Å². The van der Waals surface area contributed by atoms with Crippen LogP contribution in [0.1, 0.15) is 50.2 Å². The van der Waals surface area contributed by atoms with E-state index in [0.29, 0.717) is 0 Å². The predicted molar refractivity (Wildman–Crippen MR) is 164 cm³/mol. The van der Waals surface area contributed by atoms with Gasteiger partial charge in [-0.15, -0.1) is 0 Å². The first-order chi connectivity index (χ1) is 21.9. The quantitative estimate of drug-likeness (QED) is 0.175. The number of carboxylic acids is 1. The molecule has 2 aliphatic rings. The number of rotatable bonds is 14. The molecular formula is C33H42N2O11. The van der Waals surface area contributed by atoms with E-state index < -0.39 is 72.8 Å². The molecule has 13 heteroatoms. The van der Waals surface area contributed by atoms with E-state index in [9.17, 15) is 39.6 Å². The first kappa shape index (κ1) is 35.0. The lowest BCUT2D eigenvalue weighted by Crippen LogP contribution is -2.60. The summed E-state index contributed by atoms with van der Waals surface area (Å²) in [5, 5.41) is 44.9. The third-order valence-corrected chi connectivity index (χ3v) is 8.55. The van der Waals surface area contributed by atoms with Gasteiger partial charge in [0.05, 0.1) is 12.0 Å². The Labute approximate surface area is 266 Å². The Kier molecular flexibility index (Phi) is 11.9. The van der Waals surface area contributed by atoms with E-state index in [1.54, 1.807) is 13.8 Å². The molecule has 2 amide bonds. The van der Waals surface area contributed by atoms with Crippen LogP contribution < -0.4 is 10.6 Å². The lowest BCUT2D eigenvalue weighted by Gasteiger charge is -2.39. The molecule has 4 rings (SSSR count). The Morgan fingerprint density at radius 1 is 0.913 bits per heavy atom. The number of ketones is 1. The molecule has 1 fully saturated rings. The predicted octanol–water partition coefficient (Wildman–Crippen LogP) is 1.56. The van der Waals surface area contributed by atoms with Crippen molar-refractivity contribution in [1.82, 2.24) is 10.6 Å². The number of fused-ring (bicyclic) bond motifs is 3. The smallest absolute Gasteiger partial charge is 0.407 e. The fraction of sp³-hybridized carbons (Fsp3) is 0.515. The average molecular weight is 643 g/mol. The summed E-state index contributed by atoms with van der Waals surface area (Å²) in [4.78, 5) is 50.5. The second-order valence-corrected chi connectivity index (χ2v) is 12.0. The minimum Gasteiger partial charge on any atom is -0.481 e. The van der Waals surface area contributed by atoms with Gasteiger partial charge in [0.2, 0.25) is 5.91 Å². The second kappa shape index (κ2) is 15.6. The molecular weight excluding hydrogens is 600 g/mol. The highest BCUT2D eigenvalue weighted by molar-refractivity contribution is 5.90. The van der Waals surface area contributed by atoms with Gasteiger partial charge in [0, 0.05) is 32.4 Å². The van der Waals surface area contributed by atoms with E-state index >= 15 is 0 Å². The number of ether oxygens (including phenoxy) is 3. The molecule has 0 spiro atoms. The molecule has 1 saturated heterocycles. The minimum absolute atomic E-state index is 0.0559. The van der Waals surface area contributed by atoms with E-state index in [4.69, 9.17) is 14.2 Å². The van der Waals surface area contributed by atoms with Crippen LogP contribution in [0.5, 0.6) is 0 Å². The molecule has 1 heterocycles. The number of benzene rings is 2. The van der Waals surface area contributed by atoms with Crippen molar-refractivity contribution in [3.05, 3.63) is 59.7 Å². The minimum atomic E-state index is -1.56. The molecule has 250 valence electrons. The van der Waals surface area contributed by atoms with Gasteiger partial charge in [0.1, 0.15) is 31.0 Å². The van der Waals surface area contributed by atoms with Gasteiger partial charge in [-0.1, -0.05) is 62.4 Å². The first-order valence-electron chi connectivity index (χ1n) is 15.3. The molecule has 46 heavy (non-hydrogen) atoms. The summed E-state index contributed by atoms with van der Waals surface area (Å²) in [6, 6.07) is 14.8. The van der Waals surface area contributed by atoms with Crippen LogP contribution >= 0.6 is 0 Å². The summed E-state index contributed by atoms with van der Waals surface area (Å²) in [5.41, 5.74) is 4.24.